The van der Waals surface area contributed by atoms with Gasteiger partial charge in [-0.05, 0) is 50.3 Å². The van der Waals surface area contributed by atoms with Crippen molar-refractivity contribution in [3.8, 4) is 0 Å². The van der Waals surface area contributed by atoms with E-state index in [9.17, 15) is 4.79 Å². The van der Waals surface area contributed by atoms with Crippen molar-refractivity contribution >= 4 is 28.8 Å². The van der Waals surface area contributed by atoms with E-state index >= 15 is 0 Å². The van der Waals surface area contributed by atoms with Gasteiger partial charge in [-0.3, -0.25) is 4.79 Å². The summed E-state index contributed by atoms with van der Waals surface area (Å²) in [4.78, 5) is 14.8. The first-order chi connectivity index (χ1) is 9.66. The van der Waals surface area contributed by atoms with E-state index in [0.717, 1.165) is 57.0 Å². The number of hydrogen-bond donors (Lipinski definition) is 2. The van der Waals surface area contributed by atoms with Crippen molar-refractivity contribution in [2.24, 2.45) is 11.7 Å². The average molecular weight is 316 g/mol. The summed E-state index contributed by atoms with van der Waals surface area (Å²) in [6.45, 7) is 4.73. The zero-order valence-electron chi connectivity index (χ0n) is 11.6. The molecule has 0 bridgehead atoms. The van der Waals surface area contributed by atoms with Crippen LogP contribution in [0.3, 0.4) is 0 Å². The molecule has 20 heavy (non-hydrogen) atoms. The summed E-state index contributed by atoms with van der Waals surface area (Å²) >= 11 is 7.72. The summed E-state index contributed by atoms with van der Waals surface area (Å²) in [6.07, 6.45) is 3.10. The third-order valence-corrected chi connectivity index (χ3v) is 5.10. The summed E-state index contributed by atoms with van der Waals surface area (Å²) in [5.74, 6) is -0.109. The zero-order valence-corrected chi connectivity index (χ0v) is 13.2. The Labute approximate surface area is 129 Å². The molecule has 0 aromatic carbocycles. The Morgan fingerprint density at radius 1 is 1.60 bits per heavy atom. The average Bonchev–Trinajstić information content (AvgIpc) is 2.84. The van der Waals surface area contributed by atoms with Gasteiger partial charge in [0.2, 0.25) is 5.91 Å². The molecular weight excluding hydrogens is 294 g/mol. The Bertz CT molecular complexity index is 438. The second kappa shape index (κ2) is 7.98. The molecule has 2 rings (SSSR count). The molecule has 0 aliphatic carbocycles. The van der Waals surface area contributed by atoms with Gasteiger partial charge in [0.05, 0.1) is 10.9 Å². The number of nitrogens with zero attached hydrogens (tertiary/aromatic N) is 1. The van der Waals surface area contributed by atoms with E-state index in [2.05, 4.69) is 10.2 Å². The number of halogens is 1. The van der Waals surface area contributed by atoms with Crippen LogP contribution in [0, 0.1) is 5.92 Å². The normalized spacial score (nSPS) is 20.1. The first-order valence-electron chi connectivity index (χ1n) is 7.11. The van der Waals surface area contributed by atoms with E-state index in [0.29, 0.717) is 0 Å². The quantitative estimate of drug-likeness (QED) is 0.757. The van der Waals surface area contributed by atoms with Crippen LogP contribution in [0.2, 0.25) is 5.02 Å². The van der Waals surface area contributed by atoms with Gasteiger partial charge in [-0.25, -0.2) is 0 Å². The van der Waals surface area contributed by atoms with Gasteiger partial charge in [0.15, 0.2) is 0 Å². The van der Waals surface area contributed by atoms with Gasteiger partial charge < -0.3 is 16.0 Å². The van der Waals surface area contributed by atoms with Crippen molar-refractivity contribution in [1.82, 2.24) is 10.2 Å². The number of carbonyl (C=O) groups excluding carboxylic acids is 1. The van der Waals surface area contributed by atoms with E-state index in [1.54, 1.807) is 11.3 Å². The summed E-state index contributed by atoms with van der Waals surface area (Å²) in [6, 6.07) is 1.93. The molecule has 0 spiro atoms. The number of hydrogen-bond acceptors (Lipinski definition) is 4. The van der Waals surface area contributed by atoms with Gasteiger partial charge in [0, 0.05) is 18.0 Å². The van der Waals surface area contributed by atoms with E-state index in [4.69, 9.17) is 17.3 Å². The Balaban J connectivity index is 1.59. The molecule has 1 fully saturated rings. The lowest BCUT2D eigenvalue weighted by atomic mass is 9.97. The molecule has 1 aromatic rings. The fourth-order valence-corrected chi connectivity index (χ4v) is 3.64. The van der Waals surface area contributed by atoms with Crippen molar-refractivity contribution < 1.29 is 4.79 Å². The number of amides is 1. The molecule has 4 nitrogen and oxygen atoms in total. The Hall–Kier alpha value is -0.620. The number of rotatable bonds is 7. The van der Waals surface area contributed by atoms with E-state index in [-0.39, 0.29) is 11.8 Å². The Kier molecular flexibility index (Phi) is 6.29. The van der Waals surface area contributed by atoms with Crippen LogP contribution in [0.15, 0.2) is 11.4 Å². The van der Waals surface area contributed by atoms with Crippen molar-refractivity contribution in [2.75, 3.05) is 26.2 Å². The van der Waals surface area contributed by atoms with Gasteiger partial charge in [-0.15, -0.1) is 11.3 Å². The number of primary amides is 1. The summed E-state index contributed by atoms with van der Waals surface area (Å²) < 4.78 is 0. The standard InChI is InChI=1S/C14H22ClN3OS/c15-12-4-8-20-13(12)9-17-5-2-7-18-6-1-3-11(10-18)14(16)19/h4,8,11,17H,1-3,5-7,9-10H2,(H2,16,19)/t11-/m1/s1. The number of piperidine rings is 1. The molecule has 1 saturated heterocycles. The van der Waals surface area contributed by atoms with Crippen LogP contribution in [0.25, 0.3) is 0 Å². The Morgan fingerprint density at radius 2 is 2.45 bits per heavy atom. The van der Waals surface area contributed by atoms with Gasteiger partial charge in [-0.2, -0.15) is 0 Å². The third-order valence-electron chi connectivity index (χ3n) is 3.71. The first-order valence-corrected chi connectivity index (χ1v) is 8.37. The van der Waals surface area contributed by atoms with Crippen molar-refractivity contribution in [1.29, 1.82) is 0 Å². The predicted octanol–water partition coefficient (Wildman–Crippen LogP) is 2.08. The molecular formula is C14H22ClN3OS. The number of nitrogens with one attached hydrogen (secondary N) is 1. The lowest BCUT2D eigenvalue weighted by molar-refractivity contribution is -0.123. The van der Waals surface area contributed by atoms with Crippen LogP contribution in [0.5, 0.6) is 0 Å². The number of carbonyl (C=O) groups is 1. The van der Waals surface area contributed by atoms with Crippen LogP contribution in [0.4, 0.5) is 0 Å². The van der Waals surface area contributed by atoms with Crippen LogP contribution in [-0.4, -0.2) is 37.0 Å². The second-order valence-corrected chi connectivity index (χ2v) is 6.67. The lowest BCUT2D eigenvalue weighted by Crippen LogP contribution is -2.41. The van der Waals surface area contributed by atoms with Crippen LogP contribution in [0.1, 0.15) is 24.1 Å². The summed E-state index contributed by atoms with van der Waals surface area (Å²) in [5, 5.41) is 6.27. The fourth-order valence-electron chi connectivity index (χ4n) is 2.57. The van der Waals surface area contributed by atoms with Crippen molar-refractivity contribution in [3.05, 3.63) is 21.3 Å². The highest BCUT2D eigenvalue weighted by Crippen LogP contribution is 2.21. The van der Waals surface area contributed by atoms with Gasteiger partial charge in [0.1, 0.15) is 0 Å². The molecule has 112 valence electrons. The monoisotopic (exact) mass is 315 g/mol. The minimum absolute atomic E-state index is 0.0432. The van der Waals surface area contributed by atoms with Crippen LogP contribution in [-0.2, 0) is 11.3 Å². The first kappa shape index (κ1) is 15.8. The van der Waals surface area contributed by atoms with Gasteiger partial charge in [-0.1, -0.05) is 11.6 Å². The van der Waals surface area contributed by atoms with Crippen LogP contribution < -0.4 is 11.1 Å². The van der Waals surface area contributed by atoms with Crippen LogP contribution >= 0.6 is 22.9 Å². The zero-order chi connectivity index (χ0) is 14.4. The molecule has 0 unspecified atom stereocenters. The number of thiophene rings is 1. The molecule has 0 radical (unpaired) electrons. The highest BCUT2D eigenvalue weighted by Gasteiger charge is 2.23. The van der Waals surface area contributed by atoms with Gasteiger partial charge in [0.25, 0.3) is 0 Å². The highest BCUT2D eigenvalue weighted by atomic mass is 35.5. The largest absolute Gasteiger partial charge is 0.369 e. The highest BCUT2D eigenvalue weighted by molar-refractivity contribution is 7.10. The summed E-state index contributed by atoms with van der Waals surface area (Å²) in [5.41, 5.74) is 5.38. The topological polar surface area (TPSA) is 58.4 Å². The van der Waals surface area contributed by atoms with Gasteiger partial charge >= 0.3 is 0 Å². The predicted molar refractivity (Wildman–Crippen MR) is 84.0 cm³/mol. The van der Waals surface area contributed by atoms with Crippen molar-refractivity contribution in [3.63, 3.8) is 0 Å². The maximum absolute atomic E-state index is 11.2. The van der Waals surface area contributed by atoms with E-state index in [1.165, 1.54) is 4.88 Å². The maximum atomic E-state index is 11.2. The molecule has 3 N–H and O–H groups in total. The second-order valence-electron chi connectivity index (χ2n) is 5.26. The summed E-state index contributed by atoms with van der Waals surface area (Å²) in [7, 11) is 0. The third kappa shape index (κ3) is 4.74. The molecule has 1 amide bonds. The minimum atomic E-state index is -0.153. The molecule has 1 aromatic heterocycles. The van der Waals surface area contributed by atoms with E-state index < -0.39 is 0 Å². The SMILES string of the molecule is NC(=O)[C@@H]1CCCN(CCCNCc2sccc2Cl)C1. The smallest absolute Gasteiger partial charge is 0.221 e. The molecule has 1 aliphatic heterocycles. The molecule has 1 atom stereocenters. The molecule has 2 heterocycles. The maximum Gasteiger partial charge on any atom is 0.221 e. The fraction of sp³-hybridized carbons (Fsp3) is 0.643. The van der Waals surface area contributed by atoms with E-state index in [1.807, 2.05) is 11.4 Å². The number of nitrogens with two attached hydrogens (primary N) is 1. The number of likely N-dealkylation sites (tertiary alicyclic amines) is 1. The van der Waals surface area contributed by atoms with Crippen molar-refractivity contribution in [2.45, 2.75) is 25.8 Å². The molecule has 6 heteroatoms. The molecule has 1 aliphatic rings. The Morgan fingerprint density at radius 3 is 3.15 bits per heavy atom. The minimum Gasteiger partial charge on any atom is -0.369 e. The lowest BCUT2D eigenvalue weighted by Gasteiger charge is -2.31. The molecule has 0 saturated carbocycles.